The molecule has 0 spiro atoms. The topological polar surface area (TPSA) is 90.1 Å². The lowest BCUT2D eigenvalue weighted by Crippen LogP contribution is -2.23. The summed E-state index contributed by atoms with van der Waals surface area (Å²) in [6.07, 6.45) is 3.52. The molecule has 0 unspecified atom stereocenters. The first-order valence-corrected chi connectivity index (χ1v) is 8.01. The van der Waals surface area contributed by atoms with Gasteiger partial charge >= 0.3 is 0 Å². The molecule has 0 aliphatic rings. The van der Waals surface area contributed by atoms with E-state index >= 15 is 0 Å². The van der Waals surface area contributed by atoms with Gasteiger partial charge in [0.25, 0.3) is 5.69 Å². The van der Waals surface area contributed by atoms with Crippen molar-refractivity contribution in [1.82, 2.24) is 9.78 Å². The lowest BCUT2D eigenvalue weighted by molar-refractivity contribution is -0.384. The Morgan fingerprint density at radius 3 is 2.68 bits per heavy atom. The predicted octanol–water partition coefficient (Wildman–Crippen LogP) is 2.72. The molecule has 0 bridgehead atoms. The Bertz CT molecular complexity index is 669. The summed E-state index contributed by atoms with van der Waals surface area (Å²) < 4.78 is 1.54. The van der Waals surface area contributed by atoms with Crippen LogP contribution in [0.25, 0.3) is 5.69 Å². The number of nitro benzene ring substituents is 1. The van der Waals surface area contributed by atoms with Crippen molar-refractivity contribution in [3.8, 4) is 5.69 Å². The number of nitrogens with one attached hydrogen (secondary N) is 1. The van der Waals surface area contributed by atoms with E-state index in [4.69, 9.17) is 0 Å². The van der Waals surface area contributed by atoms with Gasteiger partial charge in [0.15, 0.2) is 0 Å². The highest BCUT2D eigenvalue weighted by Crippen LogP contribution is 2.19. The maximum absolute atomic E-state index is 12.1. The van der Waals surface area contributed by atoms with Crippen LogP contribution in [0.3, 0.4) is 0 Å². The Balaban J connectivity index is 2.18. The number of benzene rings is 1. The van der Waals surface area contributed by atoms with Gasteiger partial charge in [-0.05, 0) is 18.4 Å². The van der Waals surface area contributed by atoms with Crippen LogP contribution in [0.15, 0.2) is 36.5 Å². The highest BCUT2D eigenvalue weighted by Gasteiger charge is 2.15. The fourth-order valence-corrected chi connectivity index (χ4v) is 2.55. The van der Waals surface area contributed by atoms with Gasteiger partial charge in [-0.3, -0.25) is 14.9 Å². The number of hydrogen-bond acceptors (Lipinski definition) is 5. The van der Waals surface area contributed by atoms with E-state index in [1.807, 2.05) is 13.2 Å². The number of nitro groups is 1. The molecule has 1 aromatic heterocycles. The third kappa shape index (κ3) is 3.64. The summed E-state index contributed by atoms with van der Waals surface area (Å²) in [5.74, 6) is 1.07. The second kappa shape index (κ2) is 7.08. The number of carbonyl (C=O) groups excluding carboxylic acids is 1. The Morgan fingerprint density at radius 1 is 1.41 bits per heavy atom. The molecule has 1 atom stereocenters. The minimum absolute atomic E-state index is 0.00934. The molecule has 1 heterocycles. The van der Waals surface area contributed by atoms with Crippen molar-refractivity contribution in [3.05, 3.63) is 46.6 Å². The summed E-state index contributed by atoms with van der Waals surface area (Å²) >= 11 is 1.61. The number of non-ortho nitro benzene ring substituents is 1. The van der Waals surface area contributed by atoms with Crippen molar-refractivity contribution in [2.24, 2.45) is 5.92 Å². The number of thioether (sulfide) groups is 1. The zero-order valence-corrected chi connectivity index (χ0v) is 13.0. The van der Waals surface area contributed by atoms with Crippen molar-refractivity contribution in [2.75, 3.05) is 17.3 Å². The summed E-state index contributed by atoms with van der Waals surface area (Å²) in [7, 11) is 0. The molecule has 0 fully saturated rings. The van der Waals surface area contributed by atoms with Gasteiger partial charge in [0.1, 0.15) is 5.82 Å². The van der Waals surface area contributed by atoms with Crippen LogP contribution < -0.4 is 5.32 Å². The zero-order valence-electron chi connectivity index (χ0n) is 12.2. The molecule has 7 nitrogen and oxygen atoms in total. The Kier molecular flexibility index (Phi) is 5.16. The number of hydrogen-bond donors (Lipinski definition) is 1. The van der Waals surface area contributed by atoms with E-state index in [0.717, 1.165) is 5.75 Å². The third-order valence-electron chi connectivity index (χ3n) is 3.06. The first kappa shape index (κ1) is 16.0. The number of anilines is 1. The number of amides is 1. The van der Waals surface area contributed by atoms with Crippen LogP contribution in [0.2, 0.25) is 0 Å². The van der Waals surface area contributed by atoms with Gasteiger partial charge in [0, 0.05) is 29.9 Å². The Morgan fingerprint density at radius 2 is 2.09 bits per heavy atom. The average Bonchev–Trinajstić information content (AvgIpc) is 2.95. The van der Waals surface area contributed by atoms with Crippen molar-refractivity contribution in [1.29, 1.82) is 0 Å². The molecule has 116 valence electrons. The Hall–Kier alpha value is -2.35. The van der Waals surface area contributed by atoms with Crippen LogP contribution in [-0.2, 0) is 4.79 Å². The van der Waals surface area contributed by atoms with Crippen molar-refractivity contribution >= 4 is 29.2 Å². The average molecular weight is 320 g/mol. The first-order chi connectivity index (χ1) is 10.5. The van der Waals surface area contributed by atoms with Crippen molar-refractivity contribution < 1.29 is 9.72 Å². The van der Waals surface area contributed by atoms with E-state index < -0.39 is 4.92 Å². The lowest BCUT2D eigenvalue weighted by atomic mass is 10.2. The van der Waals surface area contributed by atoms with Crippen LogP contribution in [0, 0.1) is 16.0 Å². The molecule has 2 rings (SSSR count). The summed E-state index contributed by atoms with van der Waals surface area (Å²) in [6, 6.07) is 7.67. The van der Waals surface area contributed by atoms with Crippen LogP contribution in [0.1, 0.15) is 6.92 Å². The maximum atomic E-state index is 12.1. The van der Waals surface area contributed by atoms with Crippen molar-refractivity contribution in [2.45, 2.75) is 6.92 Å². The second-order valence-electron chi connectivity index (χ2n) is 4.75. The third-order valence-corrected chi connectivity index (χ3v) is 3.90. The lowest BCUT2D eigenvalue weighted by Gasteiger charge is -2.12. The summed E-state index contributed by atoms with van der Waals surface area (Å²) in [5.41, 5.74) is 0.651. The summed E-state index contributed by atoms with van der Waals surface area (Å²) in [5, 5.41) is 17.6. The fraction of sp³-hybridized carbons (Fsp3) is 0.286. The normalized spacial score (nSPS) is 11.9. The molecule has 1 N–H and O–H groups in total. The van der Waals surface area contributed by atoms with Crippen molar-refractivity contribution in [3.63, 3.8) is 0 Å². The smallest absolute Gasteiger partial charge is 0.269 e. The monoisotopic (exact) mass is 320 g/mol. The molecule has 22 heavy (non-hydrogen) atoms. The molecule has 0 saturated heterocycles. The van der Waals surface area contributed by atoms with Gasteiger partial charge in [-0.2, -0.15) is 16.9 Å². The largest absolute Gasteiger partial charge is 0.310 e. The van der Waals surface area contributed by atoms with Gasteiger partial charge in [-0.15, -0.1) is 0 Å². The molecule has 0 saturated carbocycles. The SMILES string of the molecule is CSC[C@@H](C)C(=O)Nc1ccnn1-c1ccc([N+](=O)[O-])cc1. The van der Waals surface area contributed by atoms with E-state index in [0.29, 0.717) is 11.5 Å². The molecule has 1 aromatic carbocycles. The van der Waals surface area contributed by atoms with E-state index in [1.165, 1.54) is 16.8 Å². The second-order valence-corrected chi connectivity index (χ2v) is 5.66. The van der Waals surface area contributed by atoms with Gasteiger partial charge in [0.05, 0.1) is 16.8 Å². The van der Waals surface area contributed by atoms with Gasteiger partial charge < -0.3 is 5.32 Å². The summed E-state index contributed by atoms with van der Waals surface area (Å²) in [6.45, 7) is 1.86. The minimum Gasteiger partial charge on any atom is -0.310 e. The first-order valence-electron chi connectivity index (χ1n) is 6.61. The van der Waals surface area contributed by atoms with Crippen LogP contribution in [0.4, 0.5) is 11.5 Å². The van der Waals surface area contributed by atoms with Crippen LogP contribution in [-0.4, -0.2) is 32.6 Å². The van der Waals surface area contributed by atoms with E-state index in [9.17, 15) is 14.9 Å². The van der Waals surface area contributed by atoms with Crippen LogP contribution in [0.5, 0.6) is 0 Å². The van der Waals surface area contributed by atoms with E-state index in [-0.39, 0.29) is 17.5 Å². The molecule has 8 heteroatoms. The minimum atomic E-state index is -0.459. The highest BCUT2D eigenvalue weighted by molar-refractivity contribution is 7.98. The number of rotatable bonds is 6. The Labute approximate surface area is 131 Å². The summed E-state index contributed by atoms with van der Waals surface area (Å²) in [4.78, 5) is 22.3. The predicted molar refractivity (Wildman–Crippen MR) is 86.4 cm³/mol. The molecule has 2 aromatic rings. The molecule has 0 aliphatic heterocycles. The highest BCUT2D eigenvalue weighted by atomic mass is 32.2. The molecule has 1 amide bonds. The van der Waals surface area contributed by atoms with E-state index in [2.05, 4.69) is 10.4 Å². The zero-order chi connectivity index (χ0) is 16.1. The number of carbonyl (C=O) groups is 1. The number of nitrogens with zero attached hydrogens (tertiary/aromatic N) is 3. The van der Waals surface area contributed by atoms with Gasteiger partial charge in [0.2, 0.25) is 5.91 Å². The van der Waals surface area contributed by atoms with E-state index in [1.54, 1.807) is 36.2 Å². The molecule has 0 radical (unpaired) electrons. The molecular weight excluding hydrogens is 304 g/mol. The quantitative estimate of drug-likeness (QED) is 0.653. The number of aromatic nitrogens is 2. The maximum Gasteiger partial charge on any atom is 0.269 e. The molecular formula is C14H16N4O3S. The van der Waals surface area contributed by atoms with Gasteiger partial charge in [-0.25, -0.2) is 4.68 Å². The molecule has 0 aliphatic carbocycles. The standard InChI is InChI=1S/C14H16N4O3S/c1-10(9-22-2)14(19)16-13-7-8-15-17(13)11-3-5-12(6-4-11)18(20)21/h3-8,10H,9H2,1-2H3,(H,16,19)/t10-/m1/s1. The fourth-order valence-electron chi connectivity index (χ4n) is 1.89. The van der Waals surface area contributed by atoms with Crippen LogP contribution >= 0.6 is 11.8 Å². The van der Waals surface area contributed by atoms with Gasteiger partial charge in [-0.1, -0.05) is 6.92 Å².